The van der Waals surface area contributed by atoms with Gasteiger partial charge in [0.25, 0.3) is 0 Å². The fraction of sp³-hybridized carbons (Fsp3) is 0.889. The van der Waals surface area contributed by atoms with Gasteiger partial charge in [-0.05, 0) is 19.1 Å². The van der Waals surface area contributed by atoms with Gasteiger partial charge in [0, 0.05) is 11.7 Å². The number of hydrogen-bond donors (Lipinski definition) is 0. The van der Waals surface area contributed by atoms with Crippen LogP contribution in [0.4, 0.5) is 4.39 Å². The quantitative estimate of drug-likeness (QED) is 0.640. The second-order valence-corrected chi connectivity index (χ2v) is 5.32. The molecule has 0 saturated carbocycles. The fourth-order valence-electron chi connectivity index (χ4n) is 1.89. The molecule has 2 heterocycles. The Balaban J connectivity index is 1.85. The first-order chi connectivity index (χ1) is 6.08. The molecule has 0 aromatic rings. The second-order valence-electron chi connectivity index (χ2n) is 4.17. The van der Waals surface area contributed by atoms with Crippen LogP contribution in [0.25, 0.3) is 0 Å². The third kappa shape index (κ3) is 1.82. The van der Waals surface area contributed by atoms with Gasteiger partial charge in [-0.15, -0.1) is 0 Å². The summed E-state index contributed by atoms with van der Waals surface area (Å²) in [5.41, 5.74) is -1.12. The van der Waals surface area contributed by atoms with Crippen LogP contribution < -0.4 is 0 Å². The van der Waals surface area contributed by atoms with E-state index in [0.717, 1.165) is 17.9 Å². The van der Waals surface area contributed by atoms with E-state index >= 15 is 0 Å². The highest BCUT2D eigenvalue weighted by Gasteiger charge is 2.43. The van der Waals surface area contributed by atoms with Gasteiger partial charge in [0.15, 0.2) is 0 Å². The molecular weight excluding hydrogens is 189 g/mol. The average molecular weight is 203 g/mol. The summed E-state index contributed by atoms with van der Waals surface area (Å²) in [6.07, 6.45) is 0.975. The Labute approximate surface area is 81.9 Å². The smallest absolute Gasteiger partial charge is 0.226 e. The fourth-order valence-corrected chi connectivity index (χ4v) is 3.10. The summed E-state index contributed by atoms with van der Waals surface area (Å²) in [5.74, 6) is 2.34. The molecule has 1 unspecified atom stereocenters. The minimum atomic E-state index is -1.12. The molecule has 1 amide bonds. The number of nitrogens with zero attached hydrogens (tertiary/aromatic N) is 1. The number of alkyl halides is 1. The number of carbonyl (C=O) groups is 1. The molecule has 0 bridgehead atoms. The average Bonchev–Trinajstić information content (AvgIpc) is 2.50. The van der Waals surface area contributed by atoms with E-state index in [2.05, 4.69) is 0 Å². The second kappa shape index (κ2) is 3.15. The number of halogens is 1. The number of hydrogen-bond acceptors (Lipinski definition) is 2. The summed E-state index contributed by atoms with van der Waals surface area (Å²) in [6, 6.07) is 0. The summed E-state index contributed by atoms with van der Waals surface area (Å²) < 4.78 is 13.1. The summed E-state index contributed by atoms with van der Waals surface area (Å²) in [6.45, 7) is 2.15. The van der Waals surface area contributed by atoms with Crippen LogP contribution in [0.3, 0.4) is 0 Å². The highest BCUT2D eigenvalue weighted by atomic mass is 32.2. The van der Waals surface area contributed by atoms with Crippen molar-refractivity contribution in [2.45, 2.75) is 19.0 Å². The minimum Gasteiger partial charge on any atom is -0.336 e. The summed E-state index contributed by atoms with van der Waals surface area (Å²) in [4.78, 5) is 13.3. The molecule has 0 N–H and O–H groups in total. The zero-order valence-electron chi connectivity index (χ0n) is 7.75. The molecule has 0 aromatic carbocycles. The van der Waals surface area contributed by atoms with Gasteiger partial charge in [0.2, 0.25) is 5.91 Å². The van der Waals surface area contributed by atoms with Crippen LogP contribution in [0.5, 0.6) is 0 Å². The number of thioether (sulfide) groups is 1. The maximum Gasteiger partial charge on any atom is 0.226 e. The number of carbonyl (C=O) groups excluding carboxylic acids is 1. The number of rotatable bonds is 1. The van der Waals surface area contributed by atoms with Crippen LogP contribution in [0, 0.1) is 5.92 Å². The van der Waals surface area contributed by atoms with Crippen molar-refractivity contribution < 1.29 is 9.18 Å². The van der Waals surface area contributed by atoms with Crippen molar-refractivity contribution in [3.63, 3.8) is 0 Å². The third-order valence-electron chi connectivity index (χ3n) is 2.63. The summed E-state index contributed by atoms with van der Waals surface area (Å²) >= 11 is 1.82. The topological polar surface area (TPSA) is 20.3 Å². The first kappa shape index (κ1) is 9.31. The molecule has 2 nitrogen and oxygen atoms in total. The lowest BCUT2D eigenvalue weighted by molar-refractivity contribution is -0.147. The first-order valence-electron chi connectivity index (χ1n) is 4.64. The highest BCUT2D eigenvalue weighted by Crippen LogP contribution is 2.30. The molecule has 2 aliphatic heterocycles. The largest absolute Gasteiger partial charge is 0.336 e. The predicted octanol–water partition coefficient (Wildman–Crippen LogP) is 1.31. The van der Waals surface area contributed by atoms with Gasteiger partial charge in [-0.25, -0.2) is 4.39 Å². The molecule has 2 rings (SSSR count). The SMILES string of the molecule is CC1(F)CN(C(=O)C2CCSC2)C1. The van der Waals surface area contributed by atoms with Gasteiger partial charge in [-0.1, -0.05) is 0 Å². The monoisotopic (exact) mass is 203 g/mol. The molecule has 2 fully saturated rings. The van der Waals surface area contributed by atoms with Crippen LogP contribution >= 0.6 is 11.8 Å². The zero-order valence-corrected chi connectivity index (χ0v) is 8.57. The summed E-state index contributed by atoms with van der Waals surface area (Å²) in [7, 11) is 0. The summed E-state index contributed by atoms with van der Waals surface area (Å²) in [5, 5.41) is 0. The molecule has 0 aromatic heterocycles. The Bertz CT molecular complexity index is 218. The molecule has 74 valence electrons. The van der Waals surface area contributed by atoms with Gasteiger partial charge in [-0.3, -0.25) is 4.79 Å². The van der Waals surface area contributed by atoms with E-state index in [-0.39, 0.29) is 11.8 Å². The van der Waals surface area contributed by atoms with Crippen LogP contribution in [0.1, 0.15) is 13.3 Å². The van der Waals surface area contributed by atoms with E-state index in [0.29, 0.717) is 13.1 Å². The molecule has 1 atom stereocenters. The van der Waals surface area contributed by atoms with E-state index in [1.165, 1.54) is 0 Å². The lowest BCUT2D eigenvalue weighted by Crippen LogP contribution is -2.60. The Morgan fingerprint density at radius 2 is 2.31 bits per heavy atom. The standard InChI is InChI=1S/C9H14FNOS/c1-9(10)5-11(6-9)8(12)7-2-3-13-4-7/h7H,2-6H2,1H3. The van der Waals surface area contributed by atoms with Gasteiger partial charge in [0.05, 0.1) is 13.1 Å². The highest BCUT2D eigenvalue weighted by molar-refractivity contribution is 7.99. The Morgan fingerprint density at radius 3 is 2.77 bits per heavy atom. The molecule has 0 aliphatic carbocycles. The van der Waals surface area contributed by atoms with Crippen molar-refractivity contribution >= 4 is 17.7 Å². The lowest BCUT2D eigenvalue weighted by atomic mass is 9.96. The van der Waals surface area contributed by atoms with Gasteiger partial charge >= 0.3 is 0 Å². The van der Waals surface area contributed by atoms with Crippen molar-refractivity contribution in [3.8, 4) is 0 Å². The molecule has 2 saturated heterocycles. The molecule has 4 heteroatoms. The van der Waals surface area contributed by atoms with Crippen LogP contribution in [-0.4, -0.2) is 41.1 Å². The maximum atomic E-state index is 13.1. The molecule has 13 heavy (non-hydrogen) atoms. The van der Waals surface area contributed by atoms with Crippen molar-refractivity contribution in [1.29, 1.82) is 0 Å². The first-order valence-corrected chi connectivity index (χ1v) is 5.79. The van der Waals surface area contributed by atoms with E-state index in [1.807, 2.05) is 11.8 Å². The molecule has 2 aliphatic rings. The number of likely N-dealkylation sites (tertiary alicyclic amines) is 1. The zero-order chi connectivity index (χ0) is 9.47. The number of amides is 1. The minimum absolute atomic E-state index is 0.167. The molecule has 0 radical (unpaired) electrons. The van der Waals surface area contributed by atoms with E-state index in [9.17, 15) is 9.18 Å². The van der Waals surface area contributed by atoms with Crippen molar-refractivity contribution in [1.82, 2.24) is 4.90 Å². The van der Waals surface area contributed by atoms with Gasteiger partial charge in [0.1, 0.15) is 5.67 Å². The van der Waals surface area contributed by atoms with Crippen LogP contribution in [0.15, 0.2) is 0 Å². The predicted molar refractivity (Wildman–Crippen MR) is 51.5 cm³/mol. The van der Waals surface area contributed by atoms with Crippen LogP contribution in [-0.2, 0) is 4.79 Å². The maximum absolute atomic E-state index is 13.1. The van der Waals surface area contributed by atoms with E-state index in [1.54, 1.807) is 11.8 Å². The van der Waals surface area contributed by atoms with Gasteiger partial charge in [-0.2, -0.15) is 11.8 Å². The third-order valence-corrected chi connectivity index (χ3v) is 3.79. The van der Waals surface area contributed by atoms with E-state index in [4.69, 9.17) is 0 Å². The molecular formula is C9H14FNOS. The Hall–Kier alpha value is -0.250. The van der Waals surface area contributed by atoms with Crippen molar-refractivity contribution in [2.24, 2.45) is 5.92 Å². The molecule has 0 spiro atoms. The Morgan fingerprint density at radius 1 is 1.62 bits per heavy atom. The van der Waals surface area contributed by atoms with Crippen molar-refractivity contribution in [2.75, 3.05) is 24.6 Å². The van der Waals surface area contributed by atoms with Crippen LogP contribution in [0.2, 0.25) is 0 Å². The van der Waals surface area contributed by atoms with Crippen molar-refractivity contribution in [3.05, 3.63) is 0 Å². The van der Waals surface area contributed by atoms with Gasteiger partial charge < -0.3 is 4.90 Å². The van der Waals surface area contributed by atoms with E-state index < -0.39 is 5.67 Å². The lowest BCUT2D eigenvalue weighted by Gasteiger charge is -2.43. The Kier molecular flexibility index (Phi) is 2.26. The normalized spacial score (nSPS) is 31.5.